The first-order valence-electron chi connectivity index (χ1n) is 6.15. The maximum absolute atomic E-state index is 11.8. The van der Waals surface area contributed by atoms with Crippen LogP contribution in [-0.4, -0.2) is 43.2 Å². The van der Waals surface area contributed by atoms with Crippen molar-refractivity contribution in [1.82, 2.24) is 5.32 Å². The van der Waals surface area contributed by atoms with Gasteiger partial charge in [0.1, 0.15) is 0 Å². The Kier molecular flexibility index (Phi) is 9.59. The summed E-state index contributed by atoms with van der Waals surface area (Å²) in [5.41, 5.74) is 5.81. The van der Waals surface area contributed by atoms with Gasteiger partial charge >= 0.3 is 0 Å². The largest absolute Gasteiger partial charge is 0.380 e. The molecule has 1 unspecified atom stereocenters. The molecule has 0 spiro atoms. The highest BCUT2D eigenvalue weighted by molar-refractivity contribution is 7.98. The molecule has 0 saturated carbocycles. The minimum Gasteiger partial charge on any atom is -0.380 e. The fourth-order valence-electron chi connectivity index (χ4n) is 1.31. The third-order valence-corrected chi connectivity index (χ3v) is 3.25. The van der Waals surface area contributed by atoms with E-state index in [1.165, 1.54) is 0 Å². The van der Waals surface area contributed by atoms with E-state index in [0.717, 1.165) is 5.75 Å². The molecular weight excluding hydrogens is 236 g/mol. The Morgan fingerprint density at radius 1 is 1.47 bits per heavy atom. The molecule has 0 fully saturated rings. The molecule has 0 aliphatic heterocycles. The molecule has 0 heterocycles. The lowest BCUT2D eigenvalue weighted by Crippen LogP contribution is -2.49. The predicted molar refractivity (Wildman–Crippen MR) is 74.2 cm³/mol. The summed E-state index contributed by atoms with van der Waals surface area (Å²) >= 11 is 1.70. The maximum Gasteiger partial charge on any atom is 0.237 e. The molecule has 0 rings (SSSR count). The minimum absolute atomic E-state index is 0.0442. The predicted octanol–water partition coefficient (Wildman–Crippen LogP) is 1.24. The number of nitrogens with one attached hydrogen (secondary N) is 1. The molecule has 0 aliphatic rings. The molecule has 5 heteroatoms. The van der Waals surface area contributed by atoms with Gasteiger partial charge in [-0.1, -0.05) is 13.8 Å². The average molecular weight is 262 g/mol. The van der Waals surface area contributed by atoms with Gasteiger partial charge in [-0.25, -0.2) is 0 Å². The van der Waals surface area contributed by atoms with Gasteiger partial charge in [0, 0.05) is 6.61 Å². The van der Waals surface area contributed by atoms with Gasteiger partial charge in [-0.3, -0.25) is 4.79 Å². The zero-order valence-corrected chi connectivity index (χ0v) is 12.2. The number of carbonyl (C=O) groups is 1. The van der Waals surface area contributed by atoms with Crippen molar-refractivity contribution in [3.8, 4) is 0 Å². The van der Waals surface area contributed by atoms with Crippen molar-refractivity contribution in [1.29, 1.82) is 0 Å². The van der Waals surface area contributed by atoms with Crippen molar-refractivity contribution < 1.29 is 9.53 Å². The average Bonchev–Trinajstić information content (AvgIpc) is 2.30. The summed E-state index contributed by atoms with van der Waals surface area (Å²) < 4.78 is 5.36. The van der Waals surface area contributed by atoms with Crippen LogP contribution in [0.1, 0.15) is 27.2 Å². The highest BCUT2D eigenvalue weighted by Crippen LogP contribution is 2.04. The van der Waals surface area contributed by atoms with Crippen molar-refractivity contribution in [3.63, 3.8) is 0 Å². The van der Waals surface area contributed by atoms with Crippen molar-refractivity contribution in [2.75, 3.05) is 25.2 Å². The standard InChI is InChI=1S/C12H26N2O2S/c1-5-16-8-11(9(2)3)14-12(15)10(13)6-7-17-4/h9-11H,5-8,13H2,1-4H3,(H,14,15)/t10-,11?/m0/s1. The molecule has 102 valence electrons. The van der Waals surface area contributed by atoms with Crippen molar-refractivity contribution in [2.24, 2.45) is 11.7 Å². The quantitative estimate of drug-likeness (QED) is 0.656. The summed E-state index contributed by atoms with van der Waals surface area (Å²) in [5, 5.41) is 2.96. The van der Waals surface area contributed by atoms with E-state index in [4.69, 9.17) is 10.5 Å². The summed E-state index contributed by atoms with van der Waals surface area (Å²) in [4.78, 5) is 11.8. The fourth-order valence-corrected chi connectivity index (χ4v) is 1.80. The molecule has 1 amide bonds. The summed E-state index contributed by atoms with van der Waals surface area (Å²) in [5.74, 6) is 1.18. The van der Waals surface area contributed by atoms with Gasteiger partial charge in [-0.15, -0.1) is 0 Å². The minimum atomic E-state index is -0.412. The Hall–Kier alpha value is -0.260. The second-order valence-corrected chi connectivity index (χ2v) is 5.39. The molecule has 0 aromatic rings. The van der Waals surface area contributed by atoms with Crippen LogP contribution in [0, 0.1) is 5.92 Å². The number of rotatable bonds is 9. The summed E-state index contributed by atoms with van der Waals surface area (Å²) in [7, 11) is 0. The summed E-state index contributed by atoms with van der Waals surface area (Å²) in [6.45, 7) is 7.30. The molecule has 4 nitrogen and oxygen atoms in total. The molecule has 0 saturated heterocycles. The molecule has 2 atom stereocenters. The van der Waals surface area contributed by atoms with Gasteiger partial charge in [0.05, 0.1) is 18.7 Å². The first kappa shape index (κ1) is 16.7. The van der Waals surface area contributed by atoms with E-state index in [1.54, 1.807) is 11.8 Å². The molecule has 0 aliphatic carbocycles. The van der Waals surface area contributed by atoms with Gasteiger partial charge in [0.25, 0.3) is 0 Å². The van der Waals surface area contributed by atoms with Gasteiger partial charge in [0.15, 0.2) is 0 Å². The van der Waals surface area contributed by atoms with E-state index in [0.29, 0.717) is 25.6 Å². The van der Waals surface area contributed by atoms with Crippen LogP contribution in [0.2, 0.25) is 0 Å². The van der Waals surface area contributed by atoms with Gasteiger partial charge in [0.2, 0.25) is 5.91 Å². The van der Waals surface area contributed by atoms with Gasteiger partial charge < -0.3 is 15.8 Å². The molecular formula is C12H26N2O2S. The highest BCUT2D eigenvalue weighted by atomic mass is 32.2. The summed E-state index contributed by atoms with van der Waals surface area (Å²) in [6, 6.07) is -0.367. The van der Waals surface area contributed by atoms with Crippen LogP contribution < -0.4 is 11.1 Å². The third-order valence-electron chi connectivity index (χ3n) is 2.60. The molecule has 0 radical (unpaired) electrons. The van der Waals surface area contributed by atoms with E-state index < -0.39 is 6.04 Å². The van der Waals surface area contributed by atoms with Crippen molar-refractivity contribution >= 4 is 17.7 Å². The summed E-state index contributed by atoms with van der Waals surface area (Å²) in [6.07, 6.45) is 2.73. The van der Waals surface area contributed by atoms with Crippen LogP contribution in [0.3, 0.4) is 0 Å². The lowest BCUT2D eigenvalue weighted by molar-refractivity contribution is -0.123. The van der Waals surface area contributed by atoms with Crippen LogP contribution in [-0.2, 0) is 9.53 Å². The number of nitrogens with two attached hydrogens (primary N) is 1. The number of carbonyl (C=O) groups excluding carboxylic acids is 1. The lowest BCUT2D eigenvalue weighted by Gasteiger charge is -2.23. The van der Waals surface area contributed by atoms with Crippen LogP contribution in [0.4, 0.5) is 0 Å². The monoisotopic (exact) mass is 262 g/mol. The Morgan fingerprint density at radius 2 is 2.12 bits per heavy atom. The number of hydrogen-bond acceptors (Lipinski definition) is 4. The number of amides is 1. The smallest absolute Gasteiger partial charge is 0.237 e. The van der Waals surface area contributed by atoms with E-state index >= 15 is 0 Å². The number of ether oxygens (including phenoxy) is 1. The van der Waals surface area contributed by atoms with Gasteiger partial charge in [-0.05, 0) is 31.3 Å². The topological polar surface area (TPSA) is 64.3 Å². The highest BCUT2D eigenvalue weighted by Gasteiger charge is 2.20. The Balaban J connectivity index is 4.10. The fraction of sp³-hybridized carbons (Fsp3) is 0.917. The van der Waals surface area contributed by atoms with E-state index in [-0.39, 0.29) is 11.9 Å². The normalized spacial score (nSPS) is 14.7. The number of thioether (sulfide) groups is 1. The van der Waals surface area contributed by atoms with Crippen LogP contribution in [0.5, 0.6) is 0 Å². The zero-order chi connectivity index (χ0) is 13.3. The molecule has 0 aromatic heterocycles. The number of hydrogen-bond donors (Lipinski definition) is 2. The third kappa shape index (κ3) is 7.63. The van der Waals surface area contributed by atoms with E-state index in [2.05, 4.69) is 19.2 Å². The van der Waals surface area contributed by atoms with Gasteiger partial charge in [-0.2, -0.15) is 11.8 Å². The maximum atomic E-state index is 11.8. The Labute approximate surface area is 109 Å². The van der Waals surface area contributed by atoms with E-state index in [9.17, 15) is 4.79 Å². The first-order chi connectivity index (χ1) is 8.02. The Morgan fingerprint density at radius 3 is 2.59 bits per heavy atom. The Bertz CT molecular complexity index is 213. The second kappa shape index (κ2) is 9.74. The molecule has 17 heavy (non-hydrogen) atoms. The van der Waals surface area contributed by atoms with Crippen LogP contribution in [0.25, 0.3) is 0 Å². The molecule has 0 bridgehead atoms. The first-order valence-corrected chi connectivity index (χ1v) is 7.54. The van der Waals surface area contributed by atoms with Crippen LogP contribution in [0.15, 0.2) is 0 Å². The molecule has 3 N–H and O–H groups in total. The van der Waals surface area contributed by atoms with E-state index in [1.807, 2.05) is 13.2 Å². The van der Waals surface area contributed by atoms with Crippen molar-refractivity contribution in [2.45, 2.75) is 39.3 Å². The SMILES string of the molecule is CCOCC(NC(=O)[C@@H](N)CCSC)C(C)C. The lowest BCUT2D eigenvalue weighted by atomic mass is 10.0. The van der Waals surface area contributed by atoms with Crippen molar-refractivity contribution in [3.05, 3.63) is 0 Å². The molecule has 0 aromatic carbocycles. The second-order valence-electron chi connectivity index (χ2n) is 4.41. The van der Waals surface area contributed by atoms with Crippen LogP contribution >= 0.6 is 11.8 Å². The zero-order valence-electron chi connectivity index (χ0n) is 11.4.